The van der Waals surface area contributed by atoms with Gasteiger partial charge in [-0.3, -0.25) is 13.8 Å². The summed E-state index contributed by atoms with van der Waals surface area (Å²) in [4.78, 5) is 22.8. The molecular weight excluding hydrogens is 671 g/mol. The monoisotopic (exact) mass is 754 g/mol. The van der Waals surface area contributed by atoms with Crippen molar-refractivity contribution in [3.63, 3.8) is 0 Å². The van der Waals surface area contributed by atoms with Gasteiger partial charge in [0.05, 0.1) is 39.9 Å². The van der Waals surface area contributed by atoms with Crippen molar-refractivity contribution in [1.29, 1.82) is 0 Å². The molecule has 3 N–H and O–H groups in total. The van der Waals surface area contributed by atoms with E-state index in [1.165, 1.54) is 103 Å². The Bertz CT molecular complexity index is 991. The Hall–Kier alpha value is -1.54. The zero-order valence-corrected chi connectivity index (χ0v) is 35.2. The molecule has 0 heterocycles. The minimum absolute atomic E-state index is 0.0580. The molecule has 1 amide bonds. The van der Waals surface area contributed by atoms with Crippen molar-refractivity contribution in [3.8, 4) is 0 Å². The Morgan fingerprint density at radius 1 is 0.654 bits per heavy atom. The number of hydrogen-bond donors (Lipinski definition) is 3. The van der Waals surface area contributed by atoms with Crippen LogP contribution in [0.2, 0.25) is 0 Å². The normalized spacial score (nSPS) is 15.0. The summed E-state index contributed by atoms with van der Waals surface area (Å²) < 4.78 is 23.2. The molecule has 52 heavy (non-hydrogen) atoms. The second kappa shape index (κ2) is 35.2. The lowest BCUT2D eigenvalue weighted by molar-refractivity contribution is -0.870. The summed E-state index contributed by atoms with van der Waals surface area (Å²) in [6, 6.07) is -0.843. The molecule has 0 bridgehead atoms. The standard InChI is InChI=1S/C43H81N2O6P/c1-6-8-10-11-12-13-14-15-16-17-18-19-20-21-22-23-24-25-26-27-28-29-30-31-32-33-35-37-43(47)44-41(42(46)36-34-9-7-2)40-51-52(48,49)50-39-38-45(3,4)5/h14-15,17-18,20-21,34,36,41-42,46H,6-13,16,19,22-33,35,37-40H2,1-5H3,(H-,44,47,48,49)/p+1/b15-14-,18-17-,21-20-,36-34+. The summed E-state index contributed by atoms with van der Waals surface area (Å²) in [5, 5.41) is 13.4. The number of quaternary nitrogens is 1. The third-order valence-corrected chi connectivity index (χ3v) is 10.0. The lowest BCUT2D eigenvalue weighted by Crippen LogP contribution is -2.45. The van der Waals surface area contributed by atoms with Crippen LogP contribution in [0.5, 0.6) is 0 Å². The Balaban J connectivity index is 3.90. The third-order valence-electron chi connectivity index (χ3n) is 9.02. The summed E-state index contributed by atoms with van der Waals surface area (Å²) in [6.45, 7) is 4.57. The molecule has 304 valence electrons. The number of allylic oxidation sites excluding steroid dienone is 7. The number of hydrogen-bond acceptors (Lipinski definition) is 5. The number of nitrogens with one attached hydrogen (secondary N) is 1. The molecule has 9 heteroatoms. The number of carbonyl (C=O) groups excluding carboxylic acids is 1. The molecule has 0 radical (unpaired) electrons. The first-order chi connectivity index (χ1) is 25.0. The van der Waals surface area contributed by atoms with E-state index in [-0.39, 0.29) is 19.1 Å². The molecule has 3 unspecified atom stereocenters. The topological polar surface area (TPSA) is 105 Å². The van der Waals surface area contributed by atoms with Crippen LogP contribution in [-0.4, -0.2) is 73.4 Å². The van der Waals surface area contributed by atoms with Gasteiger partial charge < -0.3 is 19.8 Å². The van der Waals surface area contributed by atoms with Gasteiger partial charge in [-0.1, -0.05) is 159 Å². The number of rotatable bonds is 37. The highest BCUT2D eigenvalue weighted by molar-refractivity contribution is 7.47. The minimum Gasteiger partial charge on any atom is -0.387 e. The minimum atomic E-state index is -4.31. The highest BCUT2D eigenvalue weighted by atomic mass is 31.2. The molecule has 0 aliphatic heterocycles. The van der Waals surface area contributed by atoms with Crippen molar-refractivity contribution in [3.05, 3.63) is 48.6 Å². The molecule has 0 saturated heterocycles. The first-order valence-electron chi connectivity index (χ1n) is 21.0. The van der Waals surface area contributed by atoms with Crippen molar-refractivity contribution in [2.75, 3.05) is 40.9 Å². The lowest BCUT2D eigenvalue weighted by atomic mass is 10.0. The lowest BCUT2D eigenvalue weighted by Gasteiger charge is -2.25. The van der Waals surface area contributed by atoms with E-state index in [1.54, 1.807) is 6.08 Å². The Kier molecular flexibility index (Phi) is 34.1. The first kappa shape index (κ1) is 50.5. The van der Waals surface area contributed by atoms with Crippen LogP contribution in [0.4, 0.5) is 0 Å². The number of unbranched alkanes of at least 4 members (excludes halogenated alkanes) is 18. The highest BCUT2D eigenvalue weighted by Gasteiger charge is 2.27. The zero-order chi connectivity index (χ0) is 38.6. The second-order valence-electron chi connectivity index (χ2n) is 15.4. The Morgan fingerprint density at radius 2 is 1.13 bits per heavy atom. The third kappa shape index (κ3) is 36.8. The van der Waals surface area contributed by atoms with Gasteiger partial charge in [0.2, 0.25) is 5.91 Å². The van der Waals surface area contributed by atoms with Gasteiger partial charge in [0.25, 0.3) is 0 Å². The van der Waals surface area contributed by atoms with Crippen LogP contribution in [-0.2, 0) is 18.4 Å². The molecule has 3 atom stereocenters. The number of aliphatic hydroxyl groups is 1. The van der Waals surface area contributed by atoms with Crippen molar-refractivity contribution in [1.82, 2.24) is 5.32 Å². The van der Waals surface area contributed by atoms with Gasteiger partial charge >= 0.3 is 7.82 Å². The van der Waals surface area contributed by atoms with Crippen LogP contribution in [0.25, 0.3) is 0 Å². The molecule has 0 aromatic rings. The largest absolute Gasteiger partial charge is 0.472 e. The smallest absolute Gasteiger partial charge is 0.387 e. The van der Waals surface area contributed by atoms with Crippen LogP contribution in [0.3, 0.4) is 0 Å². The molecule has 8 nitrogen and oxygen atoms in total. The van der Waals surface area contributed by atoms with Crippen molar-refractivity contribution < 1.29 is 32.9 Å². The van der Waals surface area contributed by atoms with E-state index in [2.05, 4.69) is 48.7 Å². The molecule has 0 aromatic heterocycles. The summed E-state index contributed by atoms with van der Waals surface area (Å²) in [7, 11) is 1.56. The fourth-order valence-corrected chi connectivity index (χ4v) is 6.38. The maximum Gasteiger partial charge on any atom is 0.472 e. The van der Waals surface area contributed by atoms with Gasteiger partial charge in [-0.15, -0.1) is 0 Å². The molecule has 0 spiro atoms. The van der Waals surface area contributed by atoms with Gasteiger partial charge in [0, 0.05) is 6.42 Å². The van der Waals surface area contributed by atoms with Crippen molar-refractivity contribution in [2.24, 2.45) is 0 Å². The molecule has 0 aliphatic carbocycles. The zero-order valence-electron chi connectivity index (χ0n) is 34.3. The highest BCUT2D eigenvalue weighted by Crippen LogP contribution is 2.43. The van der Waals surface area contributed by atoms with Gasteiger partial charge in [0.15, 0.2) is 0 Å². The summed E-state index contributed by atoms with van der Waals surface area (Å²) >= 11 is 0. The molecule has 0 aliphatic rings. The maximum absolute atomic E-state index is 12.7. The van der Waals surface area contributed by atoms with E-state index >= 15 is 0 Å². The number of carbonyl (C=O) groups is 1. The van der Waals surface area contributed by atoms with E-state index in [4.69, 9.17) is 9.05 Å². The van der Waals surface area contributed by atoms with E-state index in [0.717, 1.165) is 44.9 Å². The second-order valence-corrected chi connectivity index (χ2v) is 16.8. The number of phosphoric acid groups is 1. The van der Waals surface area contributed by atoms with E-state index in [0.29, 0.717) is 17.4 Å². The molecule has 0 fully saturated rings. The van der Waals surface area contributed by atoms with Crippen LogP contribution in [0.15, 0.2) is 48.6 Å². The van der Waals surface area contributed by atoms with Crippen LogP contribution in [0, 0.1) is 0 Å². The average Bonchev–Trinajstić information content (AvgIpc) is 3.09. The fourth-order valence-electron chi connectivity index (χ4n) is 5.64. The van der Waals surface area contributed by atoms with Crippen LogP contribution >= 0.6 is 7.82 Å². The van der Waals surface area contributed by atoms with Crippen LogP contribution in [0.1, 0.15) is 168 Å². The van der Waals surface area contributed by atoms with Gasteiger partial charge in [-0.25, -0.2) is 4.57 Å². The maximum atomic E-state index is 12.7. The molecular formula is C43H82N2O6P+. The Morgan fingerprint density at radius 3 is 1.63 bits per heavy atom. The number of amides is 1. The first-order valence-corrected chi connectivity index (χ1v) is 22.5. The summed E-state index contributed by atoms with van der Waals surface area (Å²) in [5.74, 6) is -0.194. The van der Waals surface area contributed by atoms with E-state index < -0.39 is 20.0 Å². The van der Waals surface area contributed by atoms with Gasteiger partial charge in [-0.05, 0) is 51.4 Å². The number of aliphatic hydroxyl groups excluding tert-OH is 1. The summed E-state index contributed by atoms with van der Waals surface area (Å²) in [6.07, 6.45) is 44.2. The SMILES string of the molecule is CCC/C=C/C(O)C(COP(=O)(O)OCC[N+](C)(C)C)NC(=O)CCCCCCCCCCCCCC/C=C\C/C=C\C/C=C\CCCCCCC. The van der Waals surface area contributed by atoms with E-state index in [1.807, 2.05) is 34.1 Å². The van der Waals surface area contributed by atoms with Crippen molar-refractivity contribution in [2.45, 2.75) is 180 Å². The fraction of sp³-hybridized carbons (Fsp3) is 0.791. The van der Waals surface area contributed by atoms with Crippen LogP contribution < -0.4 is 5.32 Å². The predicted octanol–water partition coefficient (Wildman–Crippen LogP) is 11.3. The quantitative estimate of drug-likeness (QED) is 0.0252. The number of likely N-dealkylation sites (N-methyl/N-ethyl adjacent to an activating group) is 1. The van der Waals surface area contributed by atoms with Gasteiger partial charge in [0.1, 0.15) is 13.2 Å². The molecule has 0 rings (SSSR count). The van der Waals surface area contributed by atoms with Gasteiger partial charge in [-0.2, -0.15) is 0 Å². The number of phosphoric ester groups is 1. The van der Waals surface area contributed by atoms with E-state index in [9.17, 15) is 19.4 Å². The molecule has 0 saturated carbocycles. The Labute approximate surface area is 320 Å². The summed E-state index contributed by atoms with van der Waals surface area (Å²) in [5.41, 5.74) is 0. The number of nitrogens with zero attached hydrogens (tertiary/aromatic N) is 1. The predicted molar refractivity (Wildman–Crippen MR) is 221 cm³/mol. The average molecular weight is 754 g/mol. The molecule has 0 aromatic carbocycles. The van der Waals surface area contributed by atoms with Crippen molar-refractivity contribution >= 4 is 13.7 Å².